The Bertz CT molecular complexity index is 914. The summed E-state index contributed by atoms with van der Waals surface area (Å²) in [6.07, 6.45) is -0.718. The van der Waals surface area contributed by atoms with Gasteiger partial charge >= 0.3 is 0 Å². The van der Waals surface area contributed by atoms with E-state index in [2.05, 4.69) is 5.10 Å². The molecule has 1 N–H and O–H groups in total. The van der Waals surface area contributed by atoms with Crippen LogP contribution in [0.4, 0.5) is 0 Å². The summed E-state index contributed by atoms with van der Waals surface area (Å²) in [4.78, 5) is 11.7. The molecule has 0 amide bonds. The fraction of sp³-hybridized carbons (Fsp3) is 0.300. The largest absolute Gasteiger partial charge is 0.491 e. The van der Waals surface area contributed by atoms with Crippen LogP contribution in [0.3, 0.4) is 0 Å². The minimum Gasteiger partial charge on any atom is -0.491 e. The summed E-state index contributed by atoms with van der Waals surface area (Å²) in [6.45, 7) is 5.62. The van der Waals surface area contributed by atoms with Gasteiger partial charge in [0.05, 0.1) is 17.8 Å². The highest BCUT2D eigenvalue weighted by molar-refractivity contribution is 5.96. The standard InChI is InChI=1S/C20H22N2O3/c1-13-20(15(3)23)14(2)22(21-13)11-18(24)12-25-19-9-8-16-6-4-5-7-17(16)10-19/h4-10,18,24H,11-12H2,1-3H3/t18-/m1/s1. The SMILES string of the molecule is CC(=O)c1c(C)nn(C[C@@H](O)COc2ccc3ccccc3c2)c1C. The molecular formula is C20H22N2O3. The quantitative estimate of drug-likeness (QED) is 0.701. The smallest absolute Gasteiger partial charge is 0.163 e. The van der Waals surface area contributed by atoms with Gasteiger partial charge in [-0.1, -0.05) is 30.3 Å². The molecule has 0 fully saturated rings. The number of hydrogen-bond donors (Lipinski definition) is 1. The highest BCUT2D eigenvalue weighted by Gasteiger charge is 2.17. The summed E-state index contributed by atoms with van der Waals surface area (Å²) in [5.74, 6) is 0.707. The molecule has 0 aliphatic heterocycles. The van der Waals surface area contributed by atoms with E-state index in [1.807, 2.05) is 49.4 Å². The number of benzene rings is 2. The molecule has 130 valence electrons. The lowest BCUT2D eigenvalue weighted by molar-refractivity contribution is 0.0886. The second kappa shape index (κ2) is 7.07. The molecule has 0 saturated heterocycles. The van der Waals surface area contributed by atoms with E-state index in [1.165, 1.54) is 6.92 Å². The Morgan fingerprint density at radius 1 is 1.20 bits per heavy atom. The second-order valence-corrected chi connectivity index (χ2v) is 6.26. The molecular weight excluding hydrogens is 316 g/mol. The van der Waals surface area contributed by atoms with Crippen LogP contribution in [-0.2, 0) is 6.54 Å². The van der Waals surface area contributed by atoms with Gasteiger partial charge in [-0.2, -0.15) is 5.10 Å². The van der Waals surface area contributed by atoms with Crippen molar-refractivity contribution in [1.82, 2.24) is 9.78 Å². The fourth-order valence-electron chi connectivity index (χ4n) is 3.09. The van der Waals surface area contributed by atoms with Gasteiger partial charge in [0, 0.05) is 5.69 Å². The van der Waals surface area contributed by atoms with Crippen molar-refractivity contribution < 1.29 is 14.6 Å². The summed E-state index contributed by atoms with van der Waals surface area (Å²) in [6, 6.07) is 13.9. The maximum atomic E-state index is 11.7. The number of ketones is 1. The van der Waals surface area contributed by atoms with Gasteiger partial charge in [0.25, 0.3) is 0 Å². The lowest BCUT2D eigenvalue weighted by Crippen LogP contribution is -2.25. The van der Waals surface area contributed by atoms with Crippen molar-refractivity contribution in [3.05, 3.63) is 59.4 Å². The summed E-state index contributed by atoms with van der Waals surface area (Å²) in [5.41, 5.74) is 2.09. The van der Waals surface area contributed by atoms with Crippen molar-refractivity contribution in [3.8, 4) is 5.75 Å². The van der Waals surface area contributed by atoms with E-state index in [-0.39, 0.29) is 18.9 Å². The highest BCUT2D eigenvalue weighted by Crippen LogP contribution is 2.21. The van der Waals surface area contributed by atoms with Crippen molar-refractivity contribution in [3.63, 3.8) is 0 Å². The molecule has 0 aliphatic rings. The third-order valence-electron chi connectivity index (χ3n) is 4.28. The number of aromatic nitrogens is 2. The molecule has 0 spiro atoms. The first kappa shape index (κ1) is 17.2. The molecule has 0 saturated carbocycles. The number of ether oxygens (including phenoxy) is 1. The minimum atomic E-state index is -0.718. The van der Waals surface area contributed by atoms with Gasteiger partial charge in [-0.3, -0.25) is 9.48 Å². The molecule has 5 heteroatoms. The normalized spacial score (nSPS) is 12.3. The Kier molecular flexibility index (Phi) is 4.86. The van der Waals surface area contributed by atoms with E-state index in [4.69, 9.17) is 4.74 Å². The summed E-state index contributed by atoms with van der Waals surface area (Å²) < 4.78 is 7.38. The summed E-state index contributed by atoms with van der Waals surface area (Å²) in [5, 5.41) is 16.9. The molecule has 1 atom stereocenters. The first-order chi connectivity index (χ1) is 12.0. The van der Waals surface area contributed by atoms with E-state index >= 15 is 0 Å². The first-order valence-corrected chi connectivity index (χ1v) is 8.30. The highest BCUT2D eigenvalue weighted by atomic mass is 16.5. The molecule has 0 radical (unpaired) electrons. The third-order valence-corrected chi connectivity index (χ3v) is 4.28. The molecule has 5 nitrogen and oxygen atoms in total. The molecule has 3 rings (SSSR count). The van der Waals surface area contributed by atoms with E-state index in [9.17, 15) is 9.90 Å². The average Bonchev–Trinajstić information content (AvgIpc) is 2.86. The Balaban J connectivity index is 1.65. The minimum absolute atomic E-state index is 0.0110. The molecule has 3 aromatic rings. The molecule has 0 aliphatic carbocycles. The number of aliphatic hydroxyl groups is 1. The molecule has 25 heavy (non-hydrogen) atoms. The Morgan fingerprint density at radius 2 is 1.92 bits per heavy atom. The number of fused-ring (bicyclic) bond motifs is 1. The number of hydrogen-bond acceptors (Lipinski definition) is 4. The van der Waals surface area contributed by atoms with Crippen LogP contribution >= 0.6 is 0 Å². The van der Waals surface area contributed by atoms with Crippen molar-refractivity contribution >= 4 is 16.6 Å². The first-order valence-electron chi connectivity index (χ1n) is 8.30. The maximum Gasteiger partial charge on any atom is 0.163 e. The van der Waals surface area contributed by atoms with Crippen LogP contribution < -0.4 is 4.74 Å². The summed E-state index contributed by atoms with van der Waals surface area (Å²) in [7, 11) is 0. The zero-order valence-corrected chi connectivity index (χ0v) is 14.7. The second-order valence-electron chi connectivity index (χ2n) is 6.26. The van der Waals surface area contributed by atoms with Gasteiger partial charge in [-0.05, 0) is 43.7 Å². The number of Topliss-reactive ketones (excluding diaryl/α,β-unsaturated/α-hetero) is 1. The van der Waals surface area contributed by atoms with Crippen LogP contribution in [0.15, 0.2) is 42.5 Å². The van der Waals surface area contributed by atoms with Crippen LogP contribution in [0.1, 0.15) is 28.7 Å². The molecule has 1 aromatic heterocycles. The summed E-state index contributed by atoms with van der Waals surface area (Å²) >= 11 is 0. The lowest BCUT2D eigenvalue weighted by Gasteiger charge is -2.14. The Labute approximate surface area is 146 Å². The van der Waals surface area contributed by atoms with E-state index in [0.29, 0.717) is 11.3 Å². The number of carbonyl (C=O) groups excluding carboxylic acids is 1. The molecule has 0 bridgehead atoms. The maximum absolute atomic E-state index is 11.7. The predicted molar refractivity (Wildman–Crippen MR) is 97.2 cm³/mol. The molecule has 1 heterocycles. The Morgan fingerprint density at radius 3 is 2.60 bits per heavy atom. The molecule has 0 unspecified atom stereocenters. The van der Waals surface area contributed by atoms with Crippen molar-refractivity contribution in [1.29, 1.82) is 0 Å². The van der Waals surface area contributed by atoms with Crippen LogP contribution in [0.25, 0.3) is 10.8 Å². The molecule has 2 aromatic carbocycles. The van der Waals surface area contributed by atoms with Gasteiger partial charge in [-0.25, -0.2) is 0 Å². The topological polar surface area (TPSA) is 64.4 Å². The zero-order valence-electron chi connectivity index (χ0n) is 14.7. The number of aliphatic hydroxyl groups excluding tert-OH is 1. The van der Waals surface area contributed by atoms with Gasteiger partial charge < -0.3 is 9.84 Å². The van der Waals surface area contributed by atoms with Gasteiger partial charge in [0.1, 0.15) is 18.5 Å². The average molecular weight is 338 g/mol. The van der Waals surface area contributed by atoms with Crippen molar-refractivity contribution in [2.24, 2.45) is 0 Å². The van der Waals surface area contributed by atoms with Crippen molar-refractivity contribution in [2.75, 3.05) is 6.61 Å². The fourth-order valence-corrected chi connectivity index (χ4v) is 3.09. The Hall–Kier alpha value is -2.66. The monoisotopic (exact) mass is 338 g/mol. The van der Waals surface area contributed by atoms with Crippen LogP contribution in [0, 0.1) is 13.8 Å². The van der Waals surface area contributed by atoms with Gasteiger partial charge in [0.15, 0.2) is 5.78 Å². The van der Waals surface area contributed by atoms with E-state index in [1.54, 1.807) is 11.6 Å². The number of aryl methyl sites for hydroxylation is 1. The van der Waals surface area contributed by atoms with Crippen molar-refractivity contribution in [2.45, 2.75) is 33.4 Å². The van der Waals surface area contributed by atoms with E-state index < -0.39 is 6.10 Å². The van der Waals surface area contributed by atoms with E-state index in [0.717, 1.165) is 22.2 Å². The van der Waals surface area contributed by atoms with Gasteiger partial charge in [-0.15, -0.1) is 0 Å². The van der Waals surface area contributed by atoms with Gasteiger partial charge in [0.2, 0.25) is 0 Å². The number of carbonyl (C=O) groups is 1. The lowest BCUT2D eigenvalue weighted by atomic mass is 10.1. The number of rotatable bonds is 6. The van der Waals surface area contributed by atoms with Crippen LogP contribution in [-0.4, -0.2) is 33.4 Å². The van der Waals surface area contributed by atoms with Crippen LogP contribution in [0.5, 0.6) is 5.75 Å². The zero-order chi connectivity index (χ0) is 18.0. The third kappa shape index (κ3) is 3.72. The van der Waals surface area contributed by atoms with Crippen LogP contribution in [0.2, 0.25) is 0 Å². The predicted octanol–water partition coefficient (Wildman–Crippen LogP) is 3.30. The number of nitrogens with zero attached hydrogens (tertiary/aromatic N) is 2.